The monoisotopic (exact) mass is 545 g/mol. The van der Waals surface area contributed by atoms with E-state index in [0.29, 0.717) is 19.5 Å². The lowest BCUT2D eigenvalue weighted by molar-refractivity contribution is -0.129. The fraction of sp³-hybridized carbons (Fsp3) is 0.250. The molecule has 184 valence electrons. The van der Waals surface area contributed by atoms with E-state index >= 15 is 0 Å². The van der Waals surface area contributed by atoms with Crippen molar-refractivity contribution in [1.82, 2.24) is 24.8 Å². The van der Waals surface area contributed by atoms with Gasteiger partial charge in [0.25, 0.3) is 0 Å². The van der Waals surface area contributed by atoms with Gasteiger partial charge in [0, 0.05) is 41.9 Å². The first-order valence-electron chi connectivity index (χ1n) is 11.9. The van der Waals surface area contributed by atoms with Crippen LogP contribution >= 0.6 is 15.9 Å². The lowest BCUT2D eigenvalue weighted by Crippen LogP contribution is -2.35. The number of aromatic nitrogens is 3. The van der Waals surface area contributed by atoms with E-state index in [9.17, 15) is 4.79 Å². The SMILES string of the molecule is Cc1cc(Br)ccc1-n1cc(CN(C)CCN(C)C(=O)Cc2ccc3oc4ccccc4c3c2)nn1. The molecule has 5 rings (SSSR count). The minimum Gasteiger partial charge on any atom is -0.456 e. The lowest BCUT2D eigenvalue weighted by atomic mass is 10.1. The van der Waals surface area contributed by atoms with Crippen molar-refractivity contribution >= 4 is 43.8 Å². The van der Waals surface area contributed by atoms with Crippen molar-refractivity contribution < 1.29 is 9.21 Å². The Balaban J connectivity index is 1.16. The maximum Gasteiger partial charge on any atom is 0.226 e. The van der Waals surface area contributed by atoms with Gasteiger partial charge in [-0.2, -0.15) is 0 Å². The van der Waals surface area contributed by atoms with Gasteiger partial charge >= 0.3 is 0 Å². The molecule has 0 saturated heterocycles. The minimum absolute atomic E-state index is 0.0900. The fourth-order valence-corrected chi connectivity index (χ4v) is 4.83. The van der Waals surface area contributed by atoms with Crippen molar-refractivity contribution in [2.24, 2.45) is 0 Å². The summed E-state index contributed by atoms with van der Waals surface area (Å²) < 4.78 is 8.74. The van der Waals surface area contributed by atoms with Crippen LogP contribution in [0.3, 0.4) is 0 Å². The second-order valence-corrected chi connectivity index (χ2v) is 10.2. The van der Waals surface area contributed by atoms with E-state index in [0.717, 1.165) is 55.5 Å². The normalized spacial score (nSPS) is 11.6. The Morgan fingerprint density at radius 3 is 2.64 bits per heavy atom. The summed E-state index contributed by atoms with van der Waals surface area (Å²) in [4.78, 5) is 16.8. The van der Waals surface area contributed by atoms with E-state index < -0.39 is 0 Å². The Morgan fingerprint density at radius 1 is 1.00 bits per heavy atom. The fourth-order valence-electron chi connectivity index (χ4n) is 4.36. The largest absolute Gasteiger partial charge is 0.456 e. The van der Waals surface area contributed by atoms with Crippen molar-refractivity contribution in [2.75, 3.05) is 27.2 Å². The van der Waals surface area contributed by atoms with E-state index in [-0.39, 0.29) is 5.91 Å². The Hall–Kier alpha value is -3.49. The Bertz CT molecular complexity index is 1540. The average Bonchev–Trinajstić information content (AvgIpc) is 3.46. The van der Waals surface area contributed by atoms with Crippen molar-refractivity contribution in [2.45, 2.75) is 19.9 Å². The number of benzene rings is 3. The summed E-state index contributed by atoms with van der Waals surface area (Å²) >= 11 is 3.50. The van der Waals surface area contributed by atoms with Gasteiger partial charge in [0.15, 0.2) is 0 Å². The minimum atomic E-state index is 0.0900. The number of hydrogen-bond acceptors (Lipinski definition) is 5. The van der Waals surface area contributed by atoms with Gasteiger partial charge in [-0.1, -0.05) is 45.4 Å². The standard InChI is InChI=1S/C28H28BrN5O2/c1-19-14-21(29)9-10-25(19)34-18-22(30-31-34)17-32(2)12-13-33(3)28(35)16-20-8-11-27-24(15-20)23-6-4-5-7-26(23)36-27/h4-11,14-15,18H,12-13,16-17H2,1-3H3. The zero-order valence-electron chi connectivity index (χ0n) is 20.6. The van der Waals surface area contributed by atoms with Crippen molar-refractivity contribution in [1.29, 1.82) is 0 Å². The molecular weight excluding hydrogens is 518 g/mol. The Labute approximate surface area is 218 Å². The molecule has 5 aromatic rings. The summed E-state index contributed by atoms with van der Waals surface area (Å²) in [7, 11) is 3.88. The van der Waals surface area contributed by atoms with Crippen LogP contribution in [0.5, 0.6) is 0 Å². The van der Waals surface area contributed by atoms with E-state index in [1.807, 2.05) is 68.8 Å². The lowest BCUT2D eigenvalue weighted by Gasteiger charge is -2.21. The van der Waals surface area contributed by atoms with Crippen LogP contribution in [0.15, 0.2) is 75.8 Å². The summed E-state index contributed by atoms with van der Waals surface area (Å²) in [6, 6.07) is 20.1. The topological polar surface area (TPSA) is 67.4 Å². The van der Waals surface area contributed by atoms with Crippen LogP contribution in [0.1, 0.15) is 16.8 Å². The summed E-state index contributed by atoms with van der Waals surface area (Å²) in [6.45, 7) is 4.07. The molecule has 0 atom stereocenters. The molecule has 36 heavy (non-hydrogen) atoms. The van der Waals surface area contributed by atoms with E-state index in [2.05, 4.69) is 50.2 Å². The molecule has 0 radical (unpaired) electrons. The van der Waals surface area contributed by atoms with Crippen LogP contribution in [-0.4, -0.2) is 57.9 Å². The molecule has 3 aromatic carbocycles. The van der Waals surface area contributed by atoms with Crippen molar-refractivity contribution in [3.63, 3.8) is 0 Å². The first-order chi connectivity index (χ1) is 17.4. The zero-order valence-corrected chi connectivity index (χ0v) is 22.2. The third-order valence-corrected chi connectivity index (χ3v) is 6.91. The first-order valence-corrected chi connectivity index (χ1v) is 12.7. The molecule has 2 heterocycles. The molecule has 0 N–H and O–H groups in total. The van der Waals surface area contributed by atoms with Gasteiger partial charge in [0.2, 0.25) is 5.91 Å². The second kappa shape index (κ2) is 10.2. The summed E-state index contributed by atoms with van der Waals surface area (Å²) in [5.41, 5.74) is 5.70. The van der Waals surface area contributed by atoms with Crippen molar-refractivity contribution in [3.8, 4) is 5.69 Å². The molecule has 0 saturated carbocycles. The van der Waals surface area contributed by atoms with E-state index in [1.165, 1.54) is 0 Å². The predicted molar refractivity (Wildman–Crippen MR) is 145 cm³/mol. The van der Waals surface area contributed by atoms with Gasteiger partial charge < -0.3 is 9.32 Å². The van der Waals surface area contributed by atoms with Crippen LogP contribution < -0.4 is 0 Å². The summed E-state index contributed by atoms with van der Waals surface area (Å²) in [6.07, 6.45) is 2.31. The van der Waals surface area contributed by atoms with Gasteiger partial charge in [-0.15, -0.1) is 5.10 Å². The second-order valence-electron chi connectivity index (χ2n) is 9.24. The molecule has 0 aliphatic carbocycles. The van der Waals surface area contributed by atoms with Gasteiger partial charge in [-0.25, -0.2) is 4.68 Å². The highest BCUT2D eigenvalue weighted by Crippen LogP contribution is 2.29. The molecule has 0 aliphatic heterocycles. The number of nitrogens with zero attached hydrogens (tertiary/aromatic N) is 5. The summed E-state index contributed by atoms with van der Waals surface area (Å²) in [5, 5.41) is 10.7. The number of amides is 1. The summed E-state index contributed by atoms with van der Waals surface area (Å²) in [5.74, 6) is 0.0900. The van der Waals surface area contributed by atoms with Crippen LogP contribution in [0.25, 0.3) is 27.6 Å². The number of carbonyl (C=O) groups excluding carboxylic acids is 1. The number of fused-ring (bicyclic) bond motifs is 3. The van der Waals surface area contributed by atoms with Gasteiger partial charge in [0.05, 0.1) is 24.0 Å². The molecule has 1 amide bonds. The molecule has 0 bridgehead atoms. The Morgan fingerprint density at radius 2 is 1.81 bits per heavy atom. The number of rotatable bonds is 8. The highest BCUT2D eigenvalue weighted by atomic mass is 79.9. The zero-order chi connectivity index (χ0) is 25.2. The van der Waals surface area contributed by atoms with Crippen LogP contribution in [0.4, 0.5) is 0 Å². The van der Waals surface area contributed by atoms with Crippen LogP contribution in [0, 0.1) is 6.92 Å². The maximum atomic E-state index is 12.9. The first kappa shape index (κ1) is 24.2. The number of para-hydroxylation sites is 1. The molecular formula is C28H28BrN5O2. The average molecular weight is 546 g/mol. The highest BCUT2D eigenvalue weighted by Gasteiger charge is 2.14. The van der Waals surface area contributed by atoms with Crippen molar-refractivity contribution in [3.05, 3.63) is 88.2 Å². The number of carbonyl (C=O) groups is 1. The van der Waals surface area contributed by atoms with E-state index in [1.54, 1.807) is 9.58 Å². The molecule has 7 nitrogen and oxygen atoms in total. The third-order valence-electron chi connectivity index (χ3n) is 6.42. The van der Waals surface area contributed by atoms with Gasteiger partial charge in [0.1, 0.15) is 11.2 Å². The van der Waals surface area contributed by atoms with Crippen LogP contribution in [-0.2, 0) is 17.8 Å². The quantitative estimate of drug-likeness (QED) is 0.262. The number of likely N-dealkylation sites (N-methyl/N-ethyl adjacent to an activating group) is 2. The number of halogens is 1. The molecule has 0 fully saturated rings. The molecule has 8 heteroatoms. The number of hydrogen-bond donors (Lipinski definition) is 0. The van der Waals surface area contributed by atoms with Gasteiger partial charge in [-0.3, -0.25) is 9.69 Å². The van der Waals surface area contributed by atoms with Gasteiger partial charge in [-0.05, 0) is 61.5 Å². The number of aryl methyl sites for hydroxylation is 1. The van der Waals surface area contributed by atoms with E-state index in [4.69, 9.17) is 4.42 Å². The highest BCUT2D eigenvalue weighted by molar-refractivity contribution is 9.10. The molecule has 2 aromatic heterocycles. The predicted octanol–water partition coefficient (Wildman–Crippen LogP) is 5.37. The molecule has 0 spiro atoms. The number of furan rings is 1. The van der Waals surface area contributed by atoms with Crippen LogP contribution in [0.2, 0.25) is 0 Å². The molecule has 0 unspecified atom stereocenters. The Kier molecular flexibility index (Phi) is 6.89. The maximum absolute atomic E-state index is 12.9. The third kappa shape index (κ3) is 5.20. The molecule has 0 aliphatic rings. The smallest absolute Gasteiger partial charge is 0.226 e.